The Balaban J connectivity index is 2.25. The van der Waals surface area contributed by atoms with Crippen LogP contribution in [-0.4, -0.2) is 35.4 Å². The van der Waals surface area contributed by atoms with Crippen LogP contribution in [0.15, 0.2) is 0 Å². The van der Waals surface area contributed by atoms with E-state index >= 15 is 0 Å². The minimum absolute atomic E-state index is 0.0698. The molecule has 19 heavy (non-hydrogen) atoms. The first-order chi connectivity index (χ1) is 8.95. The van der Waals surface area contributed by atoms with Gasteiger partial charge in [-0.15, -0.1) is 0 Å². The number of aromatic nitrogens is 1. The summed E-state index contributed by atoms with van der Waals surface area (Å²) < 4.78 is 0. The molecule has 0 amide bonds. The van der Waals surface area contributed by atoms with E-state index in [0.29, 0.717) is 5.25 Å². The monoisotopic (exact) mass is 298 g/mol. The lowest BCUT2D eigenvalue weighted by Crippen LogP contribution is -2.37. The molecule has 1 aliphatic rings. The van der Waals surface area contributed by atoms with Crippen LogP contribution in [0.25, 0.3) is 0 Å². The van der Waals surface area contributed by atoms with Crippen molar-refractivity contribution < 1.29 is 4.79 Å². The highest BCUT2D eigenvalue weighted by molar-refractivity contribution is 8.00. The first-order valence-corrected chi connectivity index (χ1v) is 8.65. The van der Waals surface area contributed by atoms with Gasteiger partial charge in [0.15, 0.2) is 11.4 Å². The van der Waals surface area contributed by atoms with Crippen LogP contribution < -0.4 is 4.90 Å². The van der Waals surface area contributed by atoms with Gasteiger partial charge in [-0.05, 0) is 6.42 Å². The summed E-state index contributed by atoms with van der Waals surface area (Å²) in [5.74, 6) is 1.15. The molecule has 1 aromatic heterocycles. The van der Waals surface area contributed by atoms with Crippen molar-refractivity contribution in [2.24, 2.45) is 0 Å². The topological polar surface area (TPSA) is 33.2 Å². The Morgan fingerprint density at radius 1 is 1.47 bits per heavy atom. The normalized spacial score (nSPS) is 20.6. The molecule has 0 aromatic carbocycles. The van der Waals surface area contributed by atoms with Crippen LogP contribution >= 0.6 is 23.1 Å². The van der Waals surface area contributed by atoms with E-state index in [4.69, 9.17) is 4.98 Å². The standard InChI is InChI=1S/C14H22N2OS2/c1-5-10-8-16(6-7-18-10)13-15-12(14(2,3)4)11(9-17)19-13/h9-10H,5-8H2,1-4H3. The van der Waals surface area contributed by atoms with Crippen LogP contribution in [0.4, 0.5) is 5.13 Å². The number of hydrogen-bond acceptors (Lipinski definition) is 5. The van der Waals surface area contributed by atoms with Gasteiger partial charge in [-0.25, -0.2) is 4.98 Å². The van der Waals surface area contributed by atoms with E-state index in [1.165, 1.54) is 6.42 Å². The van der Waals surface area contributed by atoms with Gasteiger partial charge in [-0.2, -0.15) is 11.8 Å². The molecule has 0 N–H and O–H groups in total. The number of thiazole rings is 1. The molecule has 1 saturated heterocycles. The number of nitrogens with zero attached hydrogens (tertiary/aromatic N) is 2. The Morgan fingerprint density at radius 3 is 2.74 bits per heavy atom. The van der Waals surface area contributed by atoms with Crippen LogP contribution in [0.3, 0.4) is 0 Å². The Bertz CT molecular complexity index is 451. The van der Waals surface area contributed by atoms with Crippen molar-refractivity contribution in [3.63, 3.8) is 0 Å². The molecule has 0 bridgehead atoms. The third-order valence-electron chi connectivity index (χ3n) is 3.32. The van der Waals surface area contributed by atoms with E-state index in [1.807, 2.05) is 11.8 Å². The summed E-state index contributed by atoms with van der Waals surface area (Å²) in [4.78, 5) is 19.1. The molecule has 106 valence electrons. The second-order valence-corrected chi connectivity index (χ2v) is 8.34. The summed E-state index contributed by atoms with van der Waals surface area (Å²) in [6.07, 6.45) is 2.15. The van der Waals surface area contributed by atoms with Crippen molar-refractivity contribution in [3.05, 3.63) is 10.6 Å². The lowest BCUT2D eigenvalue weighted by Gasteiger charge is -2.31. The highest BCUT2D eigenvalue weighted by Gasteiger charge is 2.27. The molecular weight excluding hydrogens is 276 g/mol. The third kappa shape index (κ3) is 3.31. The van der Waals surface area contributed by atoms with Crippen molar-refractivity contribution in [2.75, 3.05) is 23.7 Å². The van der Waals surface area contributed by atoms with Crippen LogP contribution in [-0.2, 0) is 5.41 Å². The Hall–Kier alpha value is -0.550. The van der Waals surface area contributed by atoms with Crippen LogP contribution in [0.2, 0.25) is 0 Å². The maximum atomic E-state index is 11.2. The van der Waals surface area contributed by atoms with Gasteiger partial charge in [-0.3, -0.25) is 4.79 Å². The molecule has 0 spiro atoms. The quantitative estimate of drug-likeness (QED) is 0.799. The number of carbonyl (C=O) groups excluding carboxylic acids is 1. The van der Waals surface area contributed by atoms with Gasteiger partial charge in [0.25, 0.3) is 0 Å². The summed E-state index contributed by atoms with van der Waals surface area (Å²) in [5, 5.41) is 1.71. The fourth-order valence-electron chi connectivity index (χ4n) is 2.21. The van der Waals surface area contributed by atoms with Gasteiger partial charge in [0.05, 0.1) is 10.6 Å². The Morgan fingerprint density at radius 2 is 2.21 bits per heavy atom. The maximum Gasteiger partial charge on any atom is 0.186 e. The predicted octanol–water partition coefficient (Wildman–Crippen LogP) is 3.58. The fourth-order valence-corrected chi connectivity index (χ4v) is 4.52. The molecule has 1 aromatic rings. The first kappa shape index (κ1) is 14.9. The van der Waals surface area contributed by atoms with E-state index in [2.05, 4.69) is 32.6 Å². The van der Waals surface area contributed by atoms with Crippen molar-refractivity contribution in [2.45, 2.75) is 44.8 Å². The van der Waals surface area contributed by atoms with Gasteiger partial charge in [0, 0.05) is 29.5 Å². The van der Waals surface area contributed by atoms with Crippen LogP contribution in [0.5, 0.6) is 0 Å². The largest absolute Gasteiger partial charge is 0.346 e. The summed E-state index contributed by atoms with van der Waals surface area (Å²) in [6, 6.07) is 0. The fraction of sp³-hybridized carbons (Fsp3) is 0.714. The van der Waals surface area contributed by atoms with E-state index in [1.54, 1.807) is 11.3 Å². The molecule has 2 heterocycles. The molecule has 5 heteroatoms. The summed E-state index contributed by atoms with van der Waals surface area (Å²) in [6.45, 7) is 10.7. The van der Waals surface area contributed by atoms with Crippen LogP contribution in [0, 0.1) is 0 Å². The van der Waals surface area contributed by atoms with E-state index in [-0.39, 0.29) is 5.41 Å². The Labute approximate surface area is 123 Å². The van der Waals surface area contributed by atoms with Gasteiger partial charge in [0.2, 0.25) is 0 Å². The summed E-state index contributed by atoms with van der Waals surface area (Å²) in [5.41, 5.74) is 0.869. The molecule has 1 unspecified atom stereocenters. The van der Waals surface area contributed by atoms with Gasteiger partial charge in [-0.1, -0.05) is 39.0 Å². The minimum Gasteiger partial charge on any atom is -0.346 e. The Kier molecular flexibility index (Phi) is 4.56. The zero-order valence-electron chi connectivity index (χ0n) is 12.1. The molecule has 0 aliphatic carbocycles. The highest BCUT2D eigenvalue weighted by Crippen LogP contribution is 2.34. The predicted molar refractivity (Wildman–Crippen MR) is 85.0 cm³/mol. The van der Waals surface area contributed by atoms with Gasteiger partial charge < -0.3 is 4.90 Å². The van der Waals surface area contributed by atoms with Crippen molar-refractivity contribution in [3.8, 4) is 0 Å². The van der Waals surface area contributed by atoms with E-state index < -0.39 is 0 Å². The number of carbonyl (C=O) groups is 1. The minimum atomic E-state index is -0.0698. The number of anilines is 1. The highest BCUT2D eigenvalue weighted by atomic mass is 32.2. The second-order valence-electron chi connectivity index (χ2n) is 5.92. The molecule has 1 aliphatic heterocycles. The average molecular weight is 298 g/mol. The summed E-state index contributed by atoms with van der Waals surface area (Å²) in [7, 11) is 0. The zero-order valence-corrected chi connectivity index (χ0v) is 13.7. The van der Waals surface area contributed by atoms with Crippen molar-refractivity contribution in [1.82, 2.24) is 4.98 Å². The number of rotatable bonds is 3. The molecule has 1 atom stereocenters. The van der Waals surface area contributed by atoms with Crippen LogP contribution in [0.1, 0.15) is 49.5 Å². The lowest BCUT2D eigenvalue weighted by molar-refractivity contribution is 0.112. The number of hydrogen-bond donors (Lipinski definition) is 0. The molecule has 3 nitrogen and oxygen atoms in total. The van der Waals surface area contributed by atoms with Gasteiger partial charge in [0.1, 0.15) is 0 Å². The number of aldehydes is 1. The zero-order chi connectivity index (χ0) is 14.0. The van der Waals surface area contributed by atoms with E-state index in [0.717, 1.165) is 40.8 Å². The lowest BCUT2D eigenvalue weighted by atomic mass is 9.91. The summed E-state index contributed by atoms with van der Waals surface area (Å²) >= 11 is 3.59. The third-order valence-corrected chi connectivity index (χ3v) is 5.74. The van der Waals surface area contributed by atoms with Gasteiger partial charge >= 0.3 is 0 Å². The molecule has 1 fully saturated rings. The molecule has 0 saturated carbocycles. The molecule has 0 radical (unpaired) electrons. The molecule has 2 rings (SSSR count). The first-order valence-electron chi connectivity index (χ1n) is 6.78. The van der Waals surface area contributed by atoms with Crippen molar-refractivity contribution in [1.29, 1.82) is 0 Å². The van der Waals surface area contributed by atoms with E-state index in [9.17, 15) is 4.79 Å². The average Bonchev–Trinajstić information content (AvgIpc) is 2.83. The number of thioether (sulfide) groups is 1. The maximum absolute atomic E-state index is 11.2. The SMILES string of the molecule is CCC1CN(c2nc(C(C)(C)C)c(C=O)s2)CCS1. The second kappa shape index (κ2) is 5.83. The van der Waals surface area contributed by atoms with Crippen molar-refractivity contribution >= 4 is 34.5 Å². The smallest absolute Gasteiger partial charge is 0.186 e. The molecular formula is C14H22N2OS2.